The van der Waals surface area contributed by atoms with Crippen LogP contribution in [0.3, 0.4) is 0 Å². The van der Waals surface area contributed by atoms with E-state index in [1.54, 1.807) is 13.3 Å². The van der Waals surface area contributed by atoms with Gasteiger partial charge in [0.05, 0.1) is 12.8 Å². The molecular formula is C22H23BrN2O2. The van der Waals surface area contributed by atoms with E-state index >= 15 is 0 Å². The second-order valence-corrected chi connectivity index (χ2v) is 7.05. The summed E-state index contributed by atoms with van der Waals surface area (Å²) in [6, 6.07) is 18.0. The summed E-state index contributed by atoms with van der Waals surface area (Å²) in [5.41, 5.74) is 4.39. The Morgan fingerprint density at radius 1 is 1.00 bits per heavy atom. The first-order chi connectivity index (χ1) is 13.2. The van der Waals surface area contributed by atoms with Crippen LogP contribution in [0.4, 0.5) is 0 Å². The summed E-state index contributed by atoms with van der Waals surface area (Å²) in [6.45, 7) is 3.90. The van der Waals surface area contributed by atoms with E-state index in [9.17, 15) is 0 Å². The predicted octanol–water partition coefficient (Wildman–Crippen LogP) is 5.03. The van der Waals surface area contributed by atoms with Crippen LogP contribution < -0.4 is 14.8 Å². The molecule has 1 heterocycles. The minimum absolute atomic E-state index is 0.493. The summed E-state index contributed by atoms with van der Waals surface area (Å²) in [5, 5.41) is 3.43. The van der Waals surface area contributed by atoms with Crippen LogP contribution in [0.5, 0.6) is 11.5 Å². The van der Waals surface area contributed by atoms with Crippen LogP contribution in [0.25, 0.3) is 0 Å². The summed E-state index contributed by atoms with van der Waals surface area (Å²) in [4.78, 5) is 4.34. The van der Waals surface area contributed by atoms with Gasteiger partial charge in [-0.25, -0.2) is 0 Å². The fourth-order valence-electron chi connectivity index (χ4n) is 2.81. The quantitative estimate of drug-likeness (QED) is 0.548. The number of aromatic nitrogens is 1. The number of aryl methyl sites for hydroxylation is 1. The van der Waals surface area contributed by atoms with Crippen molar-refractivity contribution in [2.75, 3.05) is 7.11 Å². The molecule has 0 unspecified atom stereocenters. The Morgan fingerprint density at radius 3 is 2.56 bits per heavy atom. The first-order valence-corrected chi connectivity index (χ1v) is 9.61. The van der Waals surface area contributed by atoms with Crippen molar-refractivity contribution in [3.05, 3.63) is 87.7 Å². The van der Waals surface area contributed by atoms with Gasteiger partial charge in [0.25, 0.3) is 0 Å². The van der Waals surface area contributed by atoms with E-state index in [-0.39, 0.29) is 0 Å². The number of hydrogen-bond acceptors (Lipinski definition) is 4. The molecule has 3 aromatic rings. The lowest BCUT2D eigenvalue weighted by molar-refractivity contribution is 0.279. The van der Waals surface area contributed by atoms with Gasteiger partial charge in [0.2, 0.25) is 0 Å². The third-order valence-electron chi connectivity index (χ3n) is 4.35. The van der Waals surface area contributed by atoms with Gasteiger partial charge in [-0.1, -0.05) is 46.3 Å². The molecule has 0 saturated heterocycles. The number of pyridine rings is 1. The highest BCUT2D eigenvalue weighted by Crippen LogP contribution is 2.37. The van der Waals surface area contributed by atoms with Crippen molar-refractivity contribution < 1.29 is 9.47 Å². The summed E-state index contributed by atoms with van der Waals surface area (Å²) in [7, 11) is 1.66. The van der Waals surface area contributed by atoms with Crippen molar-refractivity contribution in [3.8, 4) is 11.5 Å². The first-order valence-electron chi connectivity index (χ1n) is 8.82. The van der Waals surface area contributed by atoms with Gasteiger partial charge < -0.3 is 14.8 Å². The van der Waals surface area contributed by atoms with Crippen molar-refractivity contribution in [1.82, 2.24) is 10.3 Å². The van der Waals surface area contributed by atoms with Gasteiger partial charge in [-0.15, -0.1) is 0 Å². The highest BCUT2D eigenvalue weighted by Gasteiger charge is 2.15. The van der Waals surface area contributed by atoms with Crippen LogP contribution in [-0.4, -0.2) is 12.1 Å². The van der Waals surface area contributed by atoms with Crippen LogP contribution in [0.2, 0.25) is 0 Å². The number of nitrogens with one attached hydrogen (secondary N) is 1. The summed E-state index contributed by atoms with van der Waals surface area (Å²) in [6.07, 6.45) is 1.80. The van der Waals surface area contributed by atoms with Gasteiger partial charge in [-0.05, 0) is 42.3 Å². The Kier molecular flexibility index (Phi) is 6.85. The average Bonchev–Trinajstić information content (AvgIpc) is 2.70. The minimum atomic E-state index is 0.493. The Bertz CT molecular complexity index is 885. The molecule has 0 aliphatic heterocycles. The van der Waals surface area contributed by atoms with Crippen LogP contribution in [0.1, 0.15) is 22.4 Å². The van der Waals surface area contributed by atoms with E-state index in [1.165, 1.54) is 5.56 Å². The highest BCUT2D eigenvalue weighted by atomic mass is 79.9. The van der Waals surface area contributed by atoms with Crippen molar-refractivity contribution in [3.63, 3.8) is 0 Å². The lowest BCUT2D eigenvalue weighted by atomic mass is 10.1. The van der Waals surface area contributed by atoms with Gasteiger partial charge >= 0.3 is 0 Å². The largest absolute Gasteiger partial charge is 0.493 e. The Hall–Kier alpha value is -2.37. The average molecular weight is 427 g/mol. The van der Waals surface area contributed by atoms with E-state index in [4.69, 9.17) is 9.47 Å². The van der Waals surface area contributed by atoms with Crippen molar-refractivity contribution in [2.45, 2.75) is 26.6 Å². The Labute approximate surface area is 168 Å². The number of benzene rings is 2. The molecule has 0 bridgehead atoms. The zero-order valence-electron chi connectivity index (χ0n) is 15.5. The molecule has 0 amide bonds. The van der Waals surface area contributed by atoms with Crippen LogP contribution >= 0.6 is 15.9 Å². The van der Waals surface area contributed by atoms with Crippen molar-refractivity contribution >= 4 is 15.9 Å². The van der Waals surface area contributed by atoms with Crippen LogP contribution in [-0.2, 0) is 19.7 Å². The molecule has 3 rings (SSSR count). The molecular weight excluding hydrogens is 404 g/mol. The first kappa shape index (κ1) is 19.4. The molecule has 0 radical (unpaired) electrons. The van der Waals surface area contributed by atoms with E-state index in [2.05, 4.69) is 45.3 Å². The molecule has 0 atom stereocenters. The van der Waals surface area contributed by atoms with Crippen LogP contribution in [0.15, 0.2) is 65.3 Å². The number of nitrogens with zero attached hydrogens (tertiary/aromatic N) is 1. The van der Waals surface area contributed by atoms with Gasteiger partial charge in [0, 0.05) is 29.3 Å². The van der Waals surface area contributed by atoms with Gasteiger partial charge in [-0.3, -0.25) is 4.98 Å². The predicted molar refractivity (Wildman–Crippen MR) is 111 cm³/mol. The molecule has 5 heteroatoms. The number of rotatable bonds is 8. The lowest BCUT2D eigenvalue weighted by Gasteiger charge is -2.18. The maximum atomic E-state index is 6.20. The van der Waals surface area contributed by atoms with Crippen molar-refractivity contribution in [1.29, 1.82) is 0 Å². The fraction of sp³-hybridized carbons (Fsp3) is 0.227. The molecule has 1 aromatic heterocycles. The lowest BCUT2D eigenvalue weighted by Crippen LogP contribution is -2.15. The number of methoxy groups -OCH3 is 1. The Morgan fingerprint density at radius 2 is 1.81 bits per heavy atom. The maximum absolute atomic E-state index is 6.20. The van der Waals surface area contributed by atoms with E-state index in [0.29, 0.717) is 19.7 Å². The SMILES string of the molecule is COc1ccc(Br)c(CNCc2ccccn2)c1OCc1ccccc1C. The molecule has 0 fully saturated rings. The zero-order valence-corrected chi connectivity index (χ0v) is 17.1. The monoisotopic (exact) mass is 426 g/mol. The summed E-state index contributed by atoms with van der Waals surface area (Å²) < 4.78 is 12.7. The van der Waals surface area contributed by atoms with E-state index in [0.717, 1.165) is 32.8 Å². The summed E-state index contributed by atoms with van der Waals surface area (Å²) >= 11 is 3.65. The summed E-state index contributed by atoms with van der Waals surface area (Å²) in [5.74, 6) is 1.48. The molecule has 0 saturated carbocycles. The maximum Gasteiger partial charge on any atom is 0.167 e. The molecule has 27 heavy (non-hydrogen) atoms. The van der Waals surface area contributed by atoms with E-state index in [1.807, 2.05) is 42.5 Å². The minimum Gasteiger partial charge on any atom is -0.493 e. The number of halogens is 1. The third-order valence-corrected chi connectivity index (χ3v) is 5.10. The number of hydrogen-bond donors (Lipinski definition) is 1. The second kappa shape index (κ2) is 9.53. The third kappa shape index (κ3) is 5.08. The van der Waals surface area contributed by atoms with Crippen molar-refractivity contribution in [2.24, 2.45) is 0 Å². The van der Waals surface area contributed by atoms with E-state index < -0.39 is 0 Å². The molecule has 1 N–H and O–H groups in total. The fourth-order valence-corrected chi connectivity index (χ4v) is 3.26. The van der Waals surface area contributed by atoms with Gasteiger partial charge in [0.15, 0.2) is 11.5 Å². The molecule has 0 spiro atoms. The Balaban J connectivity index is 1.76. The van der Waals surface area contributed by atoms with Gasteiger partial charge in [-0.2, -0.15) is 0 Å². The molecule has 2 aromatic carbocycles. The zero-order chi connectivity index (χ0) is 19.1. The molecule has 140 valence electrons. The number of ether oxygens (including phenoxy) is 2. The van der Waals surface area contributed by atoms with Gasteiger partial charge in [0.1, 0.15) is 6.61 Å². The normalized spacial score (nSPS) is 10.6. The molecule has 0 aliphatic carbocycles. The highest BCUT2D eigenvalue weighted by molar-refractivity contribution is 9.10. The smallest absolute Gasteiger partial charge is 0.167 e. The van der Waals surface area contributed by atoms with Crippen LogP contribution in [0, 0.1) is 6.92 Å². The molecule has 0 aliphatic rings. The second-order valence-electron chi connectivity index (χ2n) is 6.20. The molecule has 4 nitrogen and oxygen atoms in total. The topological polar surface area (TPSA) is 43.4 Å². The standard InChI is InChI=1S/C22H23BrN2O2/c1-16-7-3-4-8-17(16)15-27-22-19(20(23)10-11-21(22)26-2)14-24-13-18-9-5-6-12-25-18/h3-12,24H,13-15H2,1-2H3.